The Balaban J connectivity index is 3.52. The van der Waals surface area contributed by atoms with Gasteiger partial charge in [0.1, 0.15) is 0 Å². The van der Waals surface area contributed by atoms with Crippen LogP contribution >= 0.6 is 15.9 Å². The minimum absolute atomic E-state index is 0.827. The molecule has 0 rings (SSSR count). The Morgan fingerprint density at radius 1 is 1.00 bits per heavy atom. The van der Waals surface area contributed by atoms with Gasteiger partial charge in [-0.1, -0.05) is 50.0 Å². The van der Waals surface area contributed by atoms with Crippen molar-refractivity contribution in [2.24, 2.45) is 17.8 Å². The van der Waals surface area contributed by atoms with Crippen LogP contribution in [0.3, 0.4) is 0 Å². The van der Waals surface area contributed by atoms with Crippen LogP contribution in [-0.2, 0) is 0 Å². The Kier molecular flexibility index (Phi) is 6.31. The average molecular weight is 221 g/mol. The van der Waals surface area contributed by atoms with Crippen LogP contribution in [0.4, 0.5) is 0 Å². The maximum Gasteiger partial charge on any atom is 0.00621 e. The van der Waals surface area contributed by atoms with Crippen molar-refractivity contribution in [1.82, 2.24) is 0 Å². The van der Waals surface area contributed by atoms with Crippen molar-refractivity contribution in [3.05, 3.63) is 0 Å². The highest BCUT2D eigenvalue weighted by Crippen LogP contribution is 2.21. The summed E-state index contributed by atoms with van der Waals surface area (Å²) in [6, 6.07) is 0. The molecule has 0 heterocycles. The summed E-state index contributed by atoms with van der Waals surface area (Å²) >= 11 is 3.57. The molecular weight excluding hydrogens is 200 g/mol. The van der Waals surface area contributed by atoms with E-state index in [0.29, 0.717) is 0 Å². The molecule has 0 spiro atoms. The number of hydrogen-bond acceptors (Lipinski definition) is 0. The molecule has 68 valence electrons. The first kappa shape index (κ1) is 11.5. The first-order valence-corrected chi connectivity index (χ1v) is 5.76. The Morgan fingerprint density at radius 3 is 1.82 bits per heavy atom. The van der Waals surface area contributed by atoms with Crippen LogP contribution in [0.25, 0.3) is 0 Å². The minimum atomic E-state index is 0.827. The smallest absolute Gasteiger partial charge is 0.00621 e. The highest BCUT2D eigenvalue weighted by Gasteiger charge is 2.11. The van der Waals surface area contributed by atoms with E-state index in [1.54, 1.807) is 0 Å². The third-order valence-electron chi connectivity index (χ3n) is 2.26. The molecule has 1 unspecified atom stereocenters. The average Bonchev–Trinajstić information content (AvgIpc) is 1.87. The molecule has 0 aromatic heterocycles. The number of hydrogen-bond donors (Lipinski definition) is 0. The van der Waals surface area contributed by atoms with Crippen molar-refractivity contribution >= 4 is 15.9 Å². The van der Waals surface area contributed by atoms with Gasteiger partial charge in [-0.15, -0.1) is 0 Å². The quantitative estimate of drug-likeness (QED) is 0.613. The van der Waals surface area contributed by atoms with Crippen molar-refractivity contribution in [3.8, 4) is 0 Å². The van der Waals surface area contributed by atoms with Gasteiger partial charge in [-0.05, 0) is 24.2 Å². The van der Waals surface area contributed by atoms with E-state index in [4.69, 9.17) is 0 Å². The van der Waals surface area contributed by atoms with Gasteiger partial charge in [0.2, 0.25) is 0 Å². The molecule has 11 heavy (non-hydrogen) atoms. The van der Waals surface area contributed by atoms with Crippen LogP contribution in [0.1, 0.15) is 40.5 Å². The standard InChI is InChI=1S/C10H21Br/c1-8(2)5-6-10(7-11)9(3)4/h8-10H,5-7H2,1-4H3. The first-order chi connectivity index (χ1) is 5.07. The van der Waals surface area contributed by atoms with Crippen LogP contribution in [0.2, 0.25) is 0 Å². The zero-order valence-corrected chi connectivity index (χ0v) is 9.82. The fourth-order valence-corrected chi connectivity index (χ4v) is 2.21. The molecule has 0 amide bonds. The Bertz CT molecular complexity index is 86.9. The van der Waals surface area contributed by atoms with Crippen LogP contribution in [0, 0.1) is 17.8 Å². The van der Waals surface area contributed by atoms with E-state index >= 15 is 0 Å². The Morgan fingerprint density at radius 2 is 1.55 bits per heavy atom. The van der Waals surface area contributed by atoms with Crippen LogP contribution in [0.5, 0.6) is 0 Å². The van der Waals surface area contributed by atoms with Crippen molar-refractivity contribution in [1.29, 1.82) is 0 Å². The molecule has 0 aliphatic heterocycles. The number of rotatable bonds is 5. The lowest BCUT2D eigenvalue weighted by molar-refractivity contribution is 0.366. The summed E-state index contributed by atoms with van der Waals surface area (Å²) in [7, 11) is 0. The van der Waals surface area contributed by atoms with Gasteiger partial charge >= 0.3 is 0 Å². The van der Waals surface area contributed by atoms with E-state index in [-0.39, 0.29) is 0 Å². The van der Waals surface area contributed by atoms with Gasteiger partial charge in [0.25, 0.3) is 0 Å². The zero-order chi connectivity index (χ0) is 8.85. The maximum absolute atomic E-state index is 3.57. The van der Waals surface area contributed by atoms with Gasteiger partial charge in [0.05, 0.1) is 0 Å². The lowest BCUT2D eigenvalue weighted by atomic mass is 9.90. The van der Waals surface area contributed by atoms with Gasteiger partial charge < -0.3 is 0 Å². The maximum atomic E-state index is 3.57. The summed E-state index contributed by atoms with van der Waals surface area (Å²) in [6.45, 7) is 9.22. The van der Waals surface area contributed by atoms with E-state index in [9.17, 15) is 0 Å². The third-order valence-corrected chi connectivity index (χ3v) is 3.09. The normalized spacial score (nSPS) is 14.5. The summed E-state index contributed by atoms with van der Waals surface area (Å²) in [4.78, 5) is 0. The predicted molar refractivity (Wildman–Crippen MR) is 56.2 cm³/mol. The van der Waals surface area contributed by atoms with Gasteiger partial charge in [-0.25, -0.2) is 0 Å². The van der Waals surface area contributed by atoms with Crippen molar-refractivity contribution in [2.75, 3.05) is 5.33 Å². The molecule has 0 aliphatic carbocycles. The number of halogens is 1. The molecule has 0 N–H and O–H groups in total. The molecule has 0 bridgehead atoms. The largest absolute Gasteiger partial charge is 0.0925 e. The minimum Gasteiger partial charge on any atom is -0.0925 e. The fraction of sp³-hybridized carbons (Fsp3) is 1.00. The molecule has 0 aromatic rings. The first-order valence-electron chi connectivity index (χ1n) is 4.63. The van der Waals surface area contributed by atoms with Gasteiger partial charge in [0.15, 0.2) is 0 Å². The summed E-state index contributed by atoms with van der Waals surface area (Å²) in [6.07, 6.45) is 2.75. The molecule has 1 atom stereocenters. The fourth-order valence-electron chi connectivity index (χ4n) is 1.14. The molecule has 0 saturated carbocycles. The molecule has 0 nitrogen and oxygen atoms in total. The third kappa shape index (κ3) is 5.72. The van der Waals surface area contributed by atoms with Crippen LogP contribution < -0.4 is 0 Å². The predicted octanol–water partition coefficient (Wildman–Crippen LogP) is 4.09. The highest BCUT2D eigenvalue weighted by atomic mass is 79.9. The monoisotopic (exact) mass is 220 g/mol. The second kappa shape index (κ2) is 6.05. The molecule has 1 heteroatoms. The SMILES string of the molecule is CC(C)CCC(CBr)C(C)C. The van der Waals surface area contributed by atoms with E-state index in [1.807, 2.05) is 0 Å². The van der Waals surface area contributed by atoms with Crippen LogP contribution in [0.15, 0.2) is 0 Å². The molecule has 0 aliphatic rings. The Hall–Kier alpha value is 0.480. The molecule has 0 saturated heterocycles. The van der Waals surface area contributed by atoms with Crippen molar-refractivity contribution in [3.63, 3.8) is 0 Å². The summed E-state index contributed by atoms with van der Waals surface area (Å²) in [5.74, 6) is 2.56. The summed E-state index contributed by atoms with van der Waals surface area (Å²) < 4.78 is 0. The topological polar surface area (TPSA) is 0 Å². The van der Waals surface area contributed by atoms with Gasteiger partial charge in [-0.2, -0.15) is 0 Å². The van der Waals surface area contributed by atoms with E-state index < -0.39 is 0 Å². The van der Waals surface area contributed by atoms with Crippen LogP contribution in [-0.4, -0.2) is 5.33 Å². The van der Waals surface area contributed by atoms with E-state index in [0.717, 1.165) is 23.1 Å². The number of alkyl halides is 1. The molecule has 0 aromatic carbocycles. The zero-order valence-electron chi connectivity index (χ0n) is 8.23. The molecule has 0 fully saturated rings. The second-order valence-electron chi connectivity index (χ2n) is 4.13. The van der Waals surface area contributed by atoms with Gasteiger partial charge in [0, 0.05) is 5.33 Å². The van der Waals surface area contributed by atoms with Crippen molar-refractivity contribution in [2.45, 2.75) is 40.5 Å². The second-order valence-corrected chi connectivity index (χ2v) is 4.78. The van der Waals surface area contributed by atoms with Crippen molar-refractivity contribution < 1.29 is 0 Å². The lowest BCUT2D eigenvalue weighted by Gasteiger charge is -2.18. The van der Waals surface area contributed by atoms with E-state index in [2.05, 4.69) is 43.6 Å². The molecular formula is C10H21Br. The Labute approximate surface area is 79.9 Å². The summed E-state index contributed by atoms with van der Waals surface area (Å²) in [5.41, 5.74) is 0. The lowest BCUT2D eigenvalue weighted by Crippen LogP contribution is -2.10. The molecule has 0 radical (unpaired) electrons. The van der Waals surface area contributed by atoms with Gasteiger partial charge in [-0.3, -0.25) is 0 Å². The van der Waals surface area contributed by atoms with E-state index in [1.165, 1.54) is 12.8 Å². The summed E-state index contributed by atoms with van der Waals surface area (Å²) in [5, 5.41) is 1.16. The highest BCUT2D eigenvalue weighted by molar-refractivity contribution is 9.09.